The number of carbonyl (C=O) groups is 1. The smallest absolute Gasteiger partial charge is 0.264 e. The average molecular weight is 439 g/mol. The van der Waals surface area contributed by atoms with Gasteiger partial charge >= 0.3 is 0 Å². The molecule has 0 aliphatic rings. The second-order valence-corrected chi connectivity index (χ2v) is 8.95. The minimum Gasteiger partial charge on any atom is -0.382 e. The Morgan fingerprint density at radius 1 is 1.14 bits per heavy atom. The summed E-state index contributed by atoms with van der Waals surface area (Å²) in [6.07, 6.45) is 0.657. The summed E-state index contributed by atoms with van der Waals surface area (Å²) in [6.45, 7) is 6.79. The lowest BCUT2D eigenvalue weighted by atomic mass is 10.2. The van der Waals surface area contributed by atoms with Gasteiger partial charge in [0.2, 0.25) is 5.91 Å². The van der Waals surface area contributed by atoms with Crippen LogP contribution in [0.25, 0.3) is 0 Å². The van der Waals surface area contributed by atoms with Gasteiger partial charge < -0.3 is 10.1 Å². The maximum atomic E-state index is 13.3. The predicted molar refractivity (Wildman–Crippen MR) is 116 cm³/mol. The van der Waals surface area contributed by atoms with Crippen LogP contribution in [0, 0.1) is 13.8 Å². The number of nitrogens with one attached hydrogen (secondary N) is 1. The zero-order valence-electron chi connectivity index (χ0n) is 16.9. The molecule has 8 heteroatoms. The monoisotopic (exact) mass is 438 g/mol. The molecule has 0 fully saturated rings. The van der Waals surface area contributed by atoms with Gasteiger partial charge in [0.1, 0.15) is 6.54 Å². The maximum absolute atomic E-state index is 13.3. The van der Waals surface area contributed by atoms with E-state index in [0.29, 0.717) is 42.5 Å². The van der Waals surface area contributed by atoms with Gasteiger partial charge in [-0.3, -0.25) is 9.10 Å². The van der Waals surface area contributed by atoms with E-state index < -0.39 is 10.0 Å². The fourth-order valence-corrected chi connectivity index (χ4v) is 4.48. The van der Waals surface area contributed by atoms with Crippen molar-refractivity contribution in [2.24, 2.45) is 0 Å². The number of ether oxygens (including phenoxy) is 1. The Bertz CT molecular complexity index is 930. The minimum absolute atomic E-state index is 0.126. The van der Waals surface area contributed by atoms with Crippen molar-refractivity contribution >= 4 is 33.2 Å². The van der Waals surface area contributed by atoms with Gasteiger partial charge in [0.05, 0.1) is 10.6 Å². The highest BCUT2D eigenvalue weighted by Gasteiger charge is 2.28. The molecule has 0 aliphatic carbocycles. The highest BCUT2D eigenvalue weighted by atomic mass is 35.5. The van der Waals surface area contributed by atoms with Crippen molar-refractivity contribution in [2.45, 2.75) is 32.1 Å². The zero-order valence-corrected chi connectivity index (χ0v) is 18.5. The van der Waals surface area contributed by atoms with E-state index in [9.17, 15) is 13.2 Å². The Morgan fingerprint density at radius 2 is 1.83 bits per heavy atom. The van der Waals surface area contributed by atoms with Crippen LogP contribution in [0.2, 0.25) is 5.02 Å². The van der Waals surface area contributed by atoms with Crippen LogP contribution in [-0.4, -0.2) is 40.6 Å². The SMILES string of the molecule is CCOCCCNC(=O)CN(c1ccc(Cl)cc1C)S(=O)(=O)c1ccc(C)cc1. The van der Waals surface area contributed by atoms with Gasteiger partial charge in [0.25, 0.3) is 10.0 Å². The quantitative estimate of drug-likeness (QED) is 0.574. The van der Waals surface area contributed by atoms with Gasteiger partial charge in [0, 0.05) is 24.8 Å². The van der Waals surface area contributed by atoms with Crippen LogP contribution in [0.1, 0.15) is 24.5 Å². The van der Waals surface area contributed by atoms with Crippen molar-refractivity contribution in [3.8, 4) is 0 Å². The molecule has 158 valence electrons. The average Bonchev–Trinajstić information content (AvgIpc) is 2.67. The molecule has 1 amide bonds. The summed E-state index contributed by atoms with van der Waals surface area (Å²) >= 11 is 6.03. The van der Waals surface area contributed by atoms with Gasteiger partial charge in [0.15, 0.2) is 0 Å². The molecule has 0 heterocycles. The van der Waals surface area contributed by atoms with Crippen LogP contribution in [0.5, 0.6) is 0 Å². The largest absolute Gasteiger partial charge is 0.382 e. The molecule has 2 aromatic rings. The maximum Gasteiger partial charge on any atom is 0.264 e. The third kappa shape index (κ3) is 6.45. The third-order valence-electron chi connectivity index (χ3n) is 4.32. The number of halogens is 1. The van der Waals surface area contributed by atoms with E-state index in [0.717, 1.165) is 9.87 Å². The molecule has 6 nitrogen and oxygen atoms in total. The van der Waals surface area contributed by atoms with E-state index in [1.165, 1.54) is 0 Å². The molecule has 2 aromatic carbocycles. The highest BCUT2D eigenvalue weighted by molar-refractivity contribution is 7.92. The molecule has 1 N–H and O–H groups in total. The number of hydrogen-bond acceptors (Lipinski definition) is 4. The summed E-state index contributed by atoms with van der Waals surface area (Å²) in [4.78, 5) is 12.6. The van der Waals surface area contributed by atoms with Crippen molar-refractivity contribution in [2.75, 3.05) is 30.6 Å². The molecule has 0 unspecified atom stereocenters. The second kappa shape index (κ2) is 10.6. The predicted octanol–water partition coefficient (Wildman–Crippen LogP) is 3.69. The first-order valence-electron chi connectivity index (χ1n) is 9.45. The van der Waals surface area contributed by atoms with Crippen LogP contribution in [0.15, 0.2) is 47.4 Å². The fourth-order valence-electron chi connectivity index (χ4n) is 2.77. The van der Waals surface area contributed by atoms with E-state index in [4.69, 9.17) is 16.3 Å². The van der Waals surface area contributed by atoms with Gasteiger partial charge in [-0.15, -0.1) is 0 Å². The zero-order chi connectivity index (χ0) is 21.4. The Morgan fingerprint density at radius 3 is 2.45 bits per heavy atom. The van der Waals surface area contributed by atoms with E-state index in [-0.39, 0.29) is 17.3 Å². The van der Waals surface area contributed by atoms with E-state index in [1.807, 2.05) is 13.8 Å². The highest BCUT2D eigenvalue weighted by Crippen LogP contribution is 2.28. The van der Waals surface area contributed by atoms with Crippen molar-refractivity contribution in [1.29, 1.82) is 0 Å². The first-order chi connectivity index (χ1) is 13.8. The third-order valence-corrected chi connectivity index (χ3v) is 6.32. The van der Waals surface area contributed by atoms with Gasteiger partial charge in [-0.2, -0.15) is 0 Å². The van der Waals surface area contributed by atoms with Crippen LogP contribution < -0.4 is 9.62 Å². The number of nitrogens with zero attached hydrogens (tertiary/aromatic N) is 1. The summed E-state index contributed by atoms with van der Waals surface area (Å²) in [5.74, 6) is -0.383. The number of sulfonamides is 1. The van der Waals surface area contributed by atoms with E-state index >= 15 is 0 Å². The van der Waals surface area contributed by atoms with E-state index in [1.54, 1.807) is 49.4 Å². The van der Waals surface area contributed by atoms with E-state index in [2.05, 4.69) is 5.32 Å². The Balaban J connectivity index is 2.29. The Hall–Kier alpha value is -2.09. The molecular formula is C21H27ClN2O4S. The van der Waals surface area contributed by atoms with Crippen molar-refractivity contribution in [3.63, 3.8) is 0 Å². The molecule has 0 bridgehead atoms. The molecule has 0 aromatic heterocycles. The number of amides is 1. The first kappa shape index (κ1) is 23.2. The number of hydrogen-bond donors (Lipinski definition) is 1. The summed E-state index contributed by atoms with van der Waals surface area (Å²) in [6, 6.07) is 11.5. The number of anilines is 1. The topological polar surface area (TPSA) is 75.7 Å². The number of rotatable bonds is 10. The lowest BCUT2D eigenvalue weighted by Gasteiger charge is -2.26. The van der Waals surface area contributed by atoms with Crippen LogP contribution in [0.4, 0.5) is 5.69 Å². The molecule has 29 heavy (non-hydrogen) atoms. The first-order valence-corrected chi connectivity index (χ1v) is 11.3. The summed E-state index contributed by atoms with van der Waals surface area (Å²) in [5.41, 5.74) is 2.03. The number of aryl methyl sites for hydroxylation is 2. The summed E-state index contributed by atoms with van der Waals surface area (Å²) in [7, 11) is -3.94. The normalized spacial score (nSPS) is 11.3. The van der Waals surface area contributed by atoms with Crippen molar-refractivity contribution in [3.05, 3.63) is 58.6 Å². The molecule has 0 saturated carbocycles. The molecule has 0 saturated heterocycles. The molecular weight excluding hydrogens is 412 g/mol. The van der Waals surface area contributed by atoms with Crippen molar-refractivity contribution < 1.29 is 17.9 Å². The molecule has 0 spiro atoms. The summed E-state index contributed by atoms with van der Waals surface area (Å²) in [5, 5.41) is 3.25. The lowest BCUT2D eigenvalue weighted by Crippen LogP contribution is -2.41. The van der Waals surface area contributed by atoms with Crippen LogP contribution in [-0.2, 0) is 19.6 Å². The van der Waals surface area contributed by atoms with Gasteiger partial charge in [-0.25, -0.2) is 8.42 Å². The van der Waals surface area contributed by atoms with Gasteiger partial charge in [-0.05, 0) is 63.1 Å². The van der Waals surface area contributed by atoms with Crippen LogP contribution >= 0.6 is 11.6 Å². The Labute approximate surface area is 177 Å². The van der Waals surface area contributed by atoms with Gasteiger partial charge in [-0.1, -0.05) is 29.3 Å². The molecule has 0 radical (unpaired) electrons. The fraction of sp³-hybridized carbons (Fsp3) is 0.381. The van der Waals surface area contributed by atoms with Crippen molar-refractivity contribution in [1.82, 2.24) is 5.32 Å². The molecule has 0 atom stereocenters. The minimum atomic E-state index is -3.94. The summed E-state index contributed by atoms with van der Waals surface area (Å²) < 4.78 is 33.0. The molecule has 0 aliphatic heterocycles. The van der Waals surface area contributed by atoms with Crippen LogP contribution in [0.3, 0.4) is 0 Å². The number of carbonyl (C=O) groups excluding carboxylic acids is 1. The lowest BCUT2D eigenvalue weighted by molar-refractivity contribution is -0.119. The second-order valence-electron chi connectivity index (χ2n) is 6.66. The molecule has 2 rings (SSSR count). The Kier molecular flexibility index (Phi) is 8.49. The standard InChI is InChI=1S/C21H27ClN2O4S/c1-4-28-13-5-12-23-21(25)15-24(20-11-8-18(22)14-17(20)3)29(26,27)19-9-6-16(2)7-10-19/h6-11,14H,4-5,12-13,15H2,1-3H3,(H,23,25). The number of benzene rings is 2.